The maximum atomic E-state index is 4.79. The van der Waals surface area contributed by atoms with Gasteiger partial charge >= 0.3 is 0 Å². The lowest BCUT2D eigenvalue weighted by Gasteiger charge is -1.89. The summed E-state index contributed by atoms with van der Waals surface area (Å²) < 4.78 is 0. The molecule has 0 aromatic heterocycles. The third-order valence-electron chi connectivity index (χ3n) is 1.14. The van der Waals surface area contributed by atoms with E-state index in [0.29, 0.717) is 0 Å². The van der Waals surface area contributed by atoms with Gasteiger partial charge in [0.1, 0.15) is 6.26 Å². The molecule has 1 aromatic rings. The van der Waals surface area contributed by atoms with Gasteiger partial charge in [0.05, 0.1) is 0 Å². The van der Waals surface area contributed by atoms with Crippen LogP contribution in [-0.4, -0.2) is 0 Å². The summed E-state index contributed by atoms with van der Waals surface area (Å²) in [7, 11) is 0. The van der Waals surface area contributed by atoms with Crippen molar-refractivity contribution in [1.82, 2.24) is 0 Å². The quantitative estimate of drug-likeness (QED) is 0.493. The summed E-state index contributed by atoms with van der Waals surface area (Å²) in [4.78, 5) is 4.27. The van der Waals surface area contributed by atoms with Crippen molar-refractivity contribution in [3.05, 3.63) is 42.2 Å². The highest BCUT2D eigenvalue weighted by atomic mass is 16.6. The molecule has 1 aromatic carbocycles. The predicted molar refractivity (Wildman–Crippen MR) is 40.7 cm³/mol. The van der Waals surface area contributed by atoms with Crippen molar-refractivity contribution < 1.29 is 4.84 Å². The van der Waals surface area contributed by atoms with Gasteiger partial charge in [-0.3, -0.25) is 0 Å². The van der Waals surface area contributed by atoms with Crippen LogP contribution in [0.4, 0.5) is 0 Å². The largest absolute Gasteiger partial charge is 0.419 e. The second-order valence-electron chi connectivity index (χ2n) is 1.85. The summed E-state index contributed by atoms with van der Waals surface area (Å²) in [6.45, 7) is 0. The van der Waals surface area contributed by atoms with E-state index < -0.39 is 0 Å². The van der Waals surface area contributed by atoms with E-state index in [0.717, 1.165) is 5.56 Å². The van der Waals surface area contributed by atoms with Crippen molar-refractivity contribution >= 4 is 6.08 Å². The molecule has 0 aliphatic heterocycles. The molecule has 0 heterocycles. The third kappa shape index (κ3) is 1.91. The topological polar surface area (TPSA) is 35.2 Å². The molecule has 0 bridgehead atoms. The molecule has 0 atom stereocenters. The summed E-state index contributed by atoms with van der Waals surface area (Å²) in [5, 5.41) is 0. The highest BCUT2D eigenvalue weighted by Gasteiger charge is 1.79. The normalized spacial score (nSPS) is 10.1. The van der Waals surface area contributed by atoms with Gasteiger partial charge in [0.25, 0.3) is 0 Å². The van der Waals surface area contributed by atoms with Gasteiger partial charge in [-0.1, -0.05) is 30.3 Å². The highest BCUT2D eigenvalue weighted by molar-refractivity contribution is 5.47. The van der Waals surface area contributed by atoms with Gasteiger partial charge in [0, 0.05) is 0 Å². The Balaban J connectivity index is 2.67. The van der Waals surface area contributed by atoms with E-state index in [4.69, 9.17) is 5.90 Å². The Bertz CT molecular complexity index is 206. The minimum absolute atomic E-state index is 1.08. The molecule has 0 aliphatic carbocycles. The molecule has 2 heteroatoms. The van der Waals surface area contributed by atoms with Crippen molar-refractivity contribution in [2.75, 3.05) is 0 Å². The van der Waals surface area contributed by atoms with Gasteiger partial charge in [-0.25, -0.2) is 0 Å². The first-order valence-electron chi connectivity index (χ1n) is 3.00. The van der Waals surface area contributed by atoms with E-state index in [9.17, 15) is 0 Å². The molecule has 2 nitrogen and oxygen atoms in total. The van der Waals surface area contributed by atoms with Crippen LogP contribution in [0.3, 0.4) is 0 Å². The zero-order valence-electron chi connectivity index (χ0n) is 5.53. The Labute approximate surface area is 59.9 Å². The van der Waals surface area contributed by atoms with Crippen LogP contribution in [0.25, 0.3) is 6.08 Å². The number of hydrogen-bond donors (Lipinski definition) is 1. The van der Waals surface area contributed by atoms with Crippen molar-refractivity contribution in [2.24, 2.45) is 5.90 Å². The van der Waals surface area contributed by atoms with E-state index in [1.165, 1.54) is 6.26 Å². The Morgan fingerprint density at radius 1 is 1.20 bits per heavy atom. The zero-order valence-corrected chi connectivity index (χ0v) is 5.53. The SMILES string of the molecule is NOC=Cc1ccccc1. The van der Waals surface area contributed by atoms with Crippen LogP contribution in [0.5, 0.6) is 0 Å². The summed E-state index contributed by atoms with van der Waals surface area (Å²) >= 11 is 0. The maximum absolute atomic E-state index is 4.79. The molecular formula is C8H9NO. The number of rotatable bonds is 2. The second kappa shape index (κ2) is 3.69. The van der Waals surface area contributed by atoms with Crippen molar-refractivity contribution in [2.45, 2.75) is 0 Å². The molecular weight excluding hydrogens is 126 g/mol. The van der Waals surface area contributed by atoms with E-state index in [-0.39, 0.29) is 0 Å². The van der Waals surface area contributed by atoms with Crippen LogP contribution in [0.2, 0.25) is 0 Å². The number of benzene rings is 1. The lowest BCUT2D eigenvalue weighted by molar-refractivity contribution is 0.264. The number of nitrogens with two attached hydrogens (primary N) is 1. The van der Waals surface area contributed by atoms with Crippen LogP contribution in [0.1, 0.15) is 5.56 Å². The van der Waals surface area contributed by atoms with E-state index >= 15 is 0 Å². The average Bonchev–Trinajstić information content (AvgIpc) is 2.03. The molecule has 0 aliphatic rings. The molecule has 2 N–H and O–H groups in total. The standard InChI is InChI=1S/C8H9NO/c9-10-7-6-8-4-2-1-3-5-8/h1-7H,9H2. The summed E-state index contributed by atoms with van der Waals surface area (Å²) in [6.07, 6.45) is 3.23. The lowest BCUT2D eigenvalue weighted by Crippen LogP contribution is -1.87. The zero-order chi connectivity index (χ0) is 7.23. The first-order chi connectivity index (χ1) is 4.93. The van der Waals surface area contributed by atoms with Crippen LogP contribution in [-0.2, 0) is 4.84 Å². The molecule has 10 heavy (non-hydrogen) atoms. The van der Waals surface area contributed by atoms with Crippen molar-refractivity contribution in [3.8, 4) is 0 Å². The fourth-order valence-electron chi connectivity index (χ4n) is 0.682. The van der Waals surface area contributed by atoms with Crippen LogP contribution >= 0.6 is 0 Å². The molecule has 0 saturated carbocycles. The van der Waals surface area contributed by atoms with Gasteiger partial charge in [-0.15, -0.1) is 0 Å². The van der Waals surface area contributed by atoms with E-state index in [1.54, 1.807) is 6.08 Å². The smallest absolute Gasteiger partial charge is 0.111 e. The Morgan fingerprint density at radius 3 is 2.50 bits per heavy atom. The molecule has 0 radical (unpaired) electrons. The first-order valence-corrected chi connectivity index (χ1v) is 3.00. The average molecular weight is 135 g/mol. The third-order valence-corrected chi connectivity index (χ3v) is 1.14. The monoisotopic (exact) mass is 135 g/mol. The van der Waals surface area contributed by atoms with Crippen LogP contribution < -0.4 is 5.90 Å². The molecule has 0 saturated heterocycles. The fraction of sp³-hybridized carbons (Fsp3) is 0. The molecule has 52 valence electrons. The van der Waals surface area contributed by atoms with Gasteiger partial charge in [-0.05, 0) is 11.6 Å². The Hall–Kier alpha value is -1.28. The number of hydrogen-bond acceptors (Lipinski definition) is 2. The van der Waals surface area contributed by atoms with Crippen LogP contribution in [0.15, 0.2) is 36.6 Å². The fourth-order valence-corrected chi connectivity index (χ4v) is 0.682. The summed E-state index contributed by atoms with van der Waals surface area (Å²) in [5.74, 6) is 4.79. The Kier molecular flexibility index (Phi) is 2.52. The summed E-state index contributed by atoms with van der Waals surface area (Å²) in [5.41, 5.74) is 1.08. The minimum atomic E-state index is 1.08. The first kappa shape index (κ1) is 6.83. The van der Waals surface area contributed by atoms with E-state index in [2.05, 4.69) is 4.84 Å². The molecule has 0 unspecified atom stereocenters. The van der Waals surface area contributed by atoms with E-state index in [1.807, 2.05) is 30.3 Å². The molecule has 1 rings (SSSR count). The second-order valence-corrected chi connectivity index (χ2v) is 1.85. The molecule has 0 fully saturated rings. The minimum Gasteiger partial charge on any atom is -0.419 e. The predicted octanol–water partition coefficient (Wildman–Crippen LogP) is 1.55. The molecule has 0 amide bonds. The Morgan fingerprint density at radius 2 is 1.90 bits per heavy atom. The van der Waals surface area contributed by atoms with Gasteiger partial charge in [0.15, 0.2) is 0 Å². The van der Waals surface area contributed by atoms with Gasteiger partial charge < -0.3 is 4.84 Å². The van der Waals surface area contributed by atoms with Crippen molar-refractivity contribution in [1.29, 1.82) is 0 Å². The van der Waals surface area contributed by atoms with Crippen molar-refractivity contribution in [3.63, 3.8) is 0 Å². The maximum Gasteiger partial charge on any atom is 0.111 e. The molecule has 0 spiro atoms. The lowest BCUT2D eigenvalue weighted by atomic mass is 10.2. The van der Waals surface area contributed by atoms with Gasteiger partial charge in [0.2, 0.25) is 0 Å². The van der Waals surface area contributed by atoms with Gasteiger partial charge in [-0.2, -0.15) is 5.90 Å². The summed E-state index contributed by atoms with van der Waals surface area (Å²) in [6, 6.07) is 9.80. The highest BCUT2D eigenvalue weighted by Crippen LogP contribution is 1.99. The van der Waals surface area contributed by atoms with Crippen LogP contribution in [0, 0.1) is 0 Å².